The van der Waals surface area contributed by atoms with Gasteiger partial charge in [-0.05, 0) is 115 Å². The quantitative estimate of drug-likeness (QED) is 0.0301. The second kappa shape index (κ2) is 38.3. The Morgan fingerprint density at radius 1 is 0.476 bits per heavy atom. The van der Waals surface area contributed by atoms with Crippen molar-refractivity contribution < 1.29 is 142 Å². The van der Waals surface area contributed by atoms with E-state index in [2.05, 4.69) is 36.1 Å². The van der Waals surface area contributed by atoms with E-state index >= 15 is 0 Å². The Hall–Kier alpha value is -10.7. The highest BCUT2D eigenvalue weighted by Gasteiger charge is 2.44. The lowest BCUT2D eigenvalue weighted by Gasteiger charge is -2.36. The second-order valence-corrected chi connectivity index (χ2v) is 25.6. The summed E-state index contributed by atoms with van der Waals surface area (Å²) >= 11 is 0. The third kappa shape index (κ3) is 29.8. The molecule has 3 aromatic heterocycles. The lowest BCUT2D eigenvalue weighted by atomic mass is 10.1. The van der Waals surface area contributed by atoms with E-state index in [1.54, 1.807) is 74.4 Å². The molecule has 8 rings (SSSR count). The molecule has 6 amide bonds. The summed E-state index contributed by atoms with van der Waals surface area (Å²) in [6.45, 7) is 13.7. The number of phenols is 1. The molecule has 2 saturated heterocycles. The van der Waals surface area contributed by atoms with Gasteiger partial charge in [-0.25, -0.2) is 33.0 Å². The summed E-state index contributed by atoms with van der Waals surface area (Å²) in [5.41, 5.74) is -2.25. The van der Waals surface area contributed by atoms with Crippen molar-refractivity contribution in [1.29, 1.82) is 0 Å². The molecule has 2 fully saturated rings. The molecular formula is C63H76N6O33S. The predicted molar refractivity (Wildman–Crippen MR) is 345 cm³/mol. The van der Waals surface area contributed by atoms with E-state index in [-0.39, 0.29) is 92.2 Å². The zero-order valence-corrected chi connectivity index (χ0v) is 57.2. The molecule has 2 aliphatic rings. The zero-order valence-electron chi connectivity index (χ0n) is 56.4. The van der Waals surface area contributed by atoms with Crippen LogP contribution in [0.4, 0.5) is 14.4 Å². The fraction of sp³-hybridized carbons (Fsp3) is 0.444. The molecule has 0 spiro atoms. The van der Waals surface area contributed by atoms with Crippen molar-refractivity contribution in [2.75, 3.05) is 32.8 Å². The average Bonchev–Trinajstić information content (AvgIpc) is 0.811. The van der Waals surface area contributed by atoms with Gasteiger partial charge in [-0.15, -0.1) is 0 Å². The minimum Gasteiger partial charge on any atom is -0.508 e. The smallest absolute Gasteiger partial charge is 0.408 e. The van der Waals surface area contributed by atoms with Gasteiger partial charge in [-0.1, -0.05) is 0 Å². The van der Waals surface area contributed by atoms with Crippen LogP contribution in [-0.2, 0) is 91.5 Å². The van der Waals surface area contributed by atoms with Gasteiger partial charge >= 0.3 is 57.9 Å². The molecule has 0 aliphatic carbocycles. The molecule has 0 radical (unpaired) electrons. The fourth-order valence-electron chi connectivity index (χ4n) is 8.66. The van der Waals surface area contributed by atoms with Gasteiger partial charge in [0.15, 0.2) is 6.10 Å². The first-order chi connectivity index (χ1) is 48.0. The summed E-state index contributed by atoms with van der Waals surface area (Å²) in [4.78, 5) is 139. The van der Waals surface area contributed by atoms with Gasteiger partial charge in [0, 0.05) is 72.2 Å². The molecule has 0 bridgehead atoms. The molecule has 2 aliphatic heterocycles. The minimum absolute atomic E-state index is 0.000855. The number of ether oxygens (including phenoxy) is 7. The van der Waals surface area contributed by atoms with Crippen molar-refractivity contribution in [3.63, 3.8) is 0 Å². The first kappa shape index (κ1) is 84.7. The Balaban J connectivity index is 0.000000320. The van der Waals surface area contributed by atoms with E-state index in [0.29, 0.717) is 32.8 Å². The largest absolute Gasteiger partial charge is 0.508 e. The summed E-state index contributed by atoms with van der Waals surface area (Å²) in [5, 5.41) is 74.9. The van der Waals surface area contributed by atoms with Crippen LogP contribution >= 0.6 is 0 Å². The third-order valence-corrected chi connectivity index (χ3v) is 13.3. The summed E-state index contributed by atoms with van der Waals surface area (Å²) in [6, 6.07) is 16.7. The number of aliphatic hydroxyl groups excluding tert-OH is 5. The van der Waals surface area contributed by atoms with Crippen LogP contribution in [-0.4, -0.2) is 191 Å². The monoisotopic (exact) mass is 1480 g/mol. The number of benzene rings is 3. The fourth-order valence-corrected chi connectivity index (χ4v) is 9.14. The zero-order chi connectivity index (χ0) is 77.3. The second-order valence-electron chi connectivity index (χ2n) is 24.6. The maximum atomic E-state index is 12.1. The molecule has 13 N–H and O–H groups in total. The molecule has 4 unspecified atom stereocenters. The first-order valence-corrected chi connectivity index (χ1v) is 31.6. The minimum atomic E-state index is -5.04. The highest BCUT2D eigenvalue weighted by Crippen LogP contribution is 2.30. The van der Waals surface area contributed by atoms with Crippen LogP contribution in [0, 0.1) is 0 Å². The van der Waals surface area contributed by atoms with Crippen LogP contribution < -0.4 is 58.3 Å². The van der Waals surface area contributed by atoms with Gasteiger partial charge in [0.2, 0.25) is 30.3 Å². The summed E-state index contributed by atoms with van der Waals surface area (Å²) in [7, 11) is -5.04. The number of carbonyl (C=O) groups is 6. The van der Waals surface area contributed by atoms with E-state index in [0.717, 1.165) is 0 Å². The van der Waals surface area contributed by atoms with Crippen LogP contribution in [0.1, 0.15) is 79.0 Å². The number of aromatic hydroxyl groups is 1. The summed E-state index contributed by atoms with van der Waals surface area (Å²) in [6.07, 6.45) is -13.7. The molecule has 3 aromatic carbocycles. The maximum absolute atomic E-state index is 12.1. The average molecular weight is 1480 g/mol. The number of phenolic OH excluding ortho intramolecular Hbond substituents is 1. The Morgan fingerprint density at radius 2 is 0.796 bits per heavy atom. The molecule has 40 heteroatoms. The first-order valence-electron chi connectivity index (χ1n) is 30.2. The van der Waals surface area contributed by atoms with Crippen LogP contribution in [0.3, 0.4) is 0 Å². The number of rotatable bonds is 18. The van der Waals surface area contributed by atoms with Crippen LogP contribution in [0.2, 0.25) is 0 Å². The summed E-state index contributed by atoms with van der Waals surface area (Å²) < 4.78 is 87.8. The van der Waals surface area contributed by atoms with Gasteiger partial charge < -0.3 is 109 Å². The van der Waals surface area contributed by atoms with Gasteiger partial charge in [0.05, 0.1) is 13.2 Å². The van der Waals surface area contributed by atoms with Crippen molar-refractivity contribution in [2.24, 2.45) is 0 Å². The predicted octanol–water partition coefficient (Wildman–Crippen LogP) is -0.197. The van der Waals surface area contributed by atoms with Crippen molar-refractivity contribution in [3.05, 3.63) is 121 Å². The van der Waals surface area contributed by atoms with Crippen LogP contribution in [0.5, 0.6) is 17.2 Å². The number of hydrogen-bond acceptors (Lipinski definition) is 32. The van der Waals surface area contributed by atoms with E-state index < -0.39 is 136 Å². The number of hydrogen-bond donors (Lipinski definition) is 13. The van der Waals surface area contributed by atoms with Gasteiger partial charge in [-0.2, -0.15) is 27.6 Å². The lowest BCUT2D eigenvalue weighted by molar-refractivity contribution is -0.242. The van der Waals surface area contributed by atoms with E-state index in [4.69, 9.17) is 70.1 Å². The molecule has 39 nitrogen and oxygen atoms in total. The van der Waals surface area contributed by atoms with Gasteiger partial charge in [-0.3, -0.25) is 18.9 Å². The van der Waals surface area contributed by atoms with E-state index in [1.165, 1.54) is 60.7 Å². The summed E-state index contributed by atoms with van der Waals surface area (Å²) in [5.74, 6) is -1.31. The SMILES string of the molecule is CC(C)(C)OC(=O)NCC(=O)NCc1cc(=O)oc2cc(O)ccc12.CC(C)(C)OC(=O)NCC(=O)NCc1cc(=O)oc2cc(OC3OC[C@@H](O)C(O)[C@@H]3O)ccc12.CC(C)(C)OC(=O)NCC(=O)NCc1cc(=O)oc2cc(OC3OC[C@@H](O)C(O)[C@@H]3OS(=O)(=O)O)ccc12.O=C=O.O=C=O. The Labute approximate surface area is 582 Å². The van der Waals surface area contributed by atoms with E-state index in [1.807, 2.05) is 0 Å². The normalized spacial score (nSPS) is 18.5. The molecular weight excluding hydrogens is 1400 g/mol. The number of fused-ring (bicyclic) bond motifs is 3. The Morgan fingerprint density at radius 3 is 1.15 bits per heavy atom. The number of amides is 6. The molecule has 5 heterocycles. The topological polar surface area (TPSA) is 583 Å². The van der Waals surface area contributed by atoms with Crippen molar-refractivity contribution in [1.82, 2.24) is 31.9 Å². The number of aliphatic hydroxyl groups is 5. The lowest BCUT2D eigenvalue weighted by Crippen LogP contribution is -2.56. The maximum Gasteiger partial charge on any atom is 0.408 e. The van der Waals surface area contributed by atoms with Crippen molar-refractivity contribution >= 4 is 91.6 Å². The Bertz CT molecular complexity index is 4300. The van der Waals surface area contributed by atoms with Gasteiger partial charge in [0.1, 0.15) is 101 Å². The van der Waals surface area contributed by atoms with E-state index in [9.17, 15) is 82.2 Å². The third-order valence-electron chi connectivity index (χ3n) is 12.8. The van der Waals surface area contributed by atoms with Crippen LogP contribution in [0.25, 0.3) is 32.9 Å². The molecule has 103 heavy (non-hydrogen) atoms. The highest BCUT2D eigenvalue weighted by molar-refractivity contribution is 7.80. The van der Waals surface area contributed by atoms with Gasteiger partial charge in [0.25, 0.3) is 0 Å². The molecule has 0 saturated carbocycles. The van der Waals surface area contributed by atoms with Crippen molar-refractivity contribution in [3.8, 4) is 17.2 Å². The number of nitrogens with one attached hydrogen (secondary N) is 6. The van der Waals surface area contributed by atoms with Crippen molar-refractivity contribution in [2.45, 2.75) is 148 Å². The highest BCUT2D eigenvalue weighted by atomic mass is 32.3. The standard InChI is InChI=1S/C22H28N2O13S.C22H28N2O10.C17H20N2O6.2CO2/c1-22(2,3)36-21(29)24-9-16(26)23-8-11-6-17(27)35-15-7-12(4-5-13(11)15)34-20-19(37-38(30,31)32)18(28)14(25)10-33-20;1-22(2,3)34-21(30)24-9-16(26)23-8-11-6-17(27)33-15-7-12(4-5-13(11)15)32-20-19(29)18(28)14(25)10-31-20;1-17(2,3)25-16(23)19-9-14(21)18-8-10-6-15(22)24-13-7-11(20)4-5-12(10)13;2*2-1-3/h4-7,14,18-20,25,28H,8-10H2,1-3H3,(H,23,26)(H,24,29)(H,30,31,32);4-7,14,18-20,25,28-29H,8-10H2,1-3H3,(H,23,26)(H,24,30);4-7,20H,8-9H2,1-3H3,(H,18,21)(H,19,23);;/t2*14-,18?,19+,20?;;;/m11.../s1. The molecule has 8 atom stereocenters. The van der Waals surface area contributed by atoms with Crippen LogP contribution in [0.15, 0.2) is 100 Å². The number of carbonyl (C=O) groups excluding carboxylic acids is 10. The molecule has 562 valence electrons. The Kier molecular flexibility index (Phi) is 31.5. The molecule has 6 aromatic rings. The number of alkyl carbamates (subject to hydrolysis) is 3.